The van der Waals surface area contributed by atoms with E-state index in [9.17, 15) is 9.90 Å². The van der Waals surface area contributed by atoms with Gasteiger partial charge in [-0.1, -0.05) is 0 Å². The number of hydrogen-bond acceptors (Lipinski definition) is 3. The van der Waals surface area contributed by atoms with Crippen LogP contribution < -0.4 is 4.74 Å². The highest BCUT2D eigenvalue weighted by molar-refractivity contribution is 5.82. The van der Waals surface area contributed by atoms with Crippen LogP contribution in [0.2, 0.25) is 0 Å². The van der Waals surface area contributed by atoms with Crippen molar-refractivity contribution < 1.29 is 19.7 Å². The highest BCUT2D eigenvalue weighted by Crippen LogP contribution is 2.23. The van der Waals surface area contributed by atoms with Crippen LogP contribution in [0.25, 0.3) is 10.9 Å². The molecule has 0 aliphatic heterocycles. The number of ether oxygens (including phenoxy) is 1. The number of nitrogens with zero attached hydrogens (tertiary/aromatic N) is 1. The molecule has 0 fully saturated rings. The summed E-state index contributed by atoms with van der Waals surface area (Å²) in [4.78, 5) is 10.9. The van der Waals surface area contributed by atoms with Gasteiger partial charge in [-0.05, 0) is 31.2 Å². The summed E-state index contributed by atoms with van der Waals surface area (Å²) in [5.74, 6) is -0.497. The molecule has 0 radical (unpaired) electrons. The van der Waals surface area contributed by atoms with Gasteiger partial charge in [-0.3, -0.25) is 0 Å². The van der Waals surface area contributed by atoms with Crippen LogP contribution in [0.3, 0.4) is 0 Å². The van der Waals surface area contributed by atoms with Crippen LogP contribution in [0.15, 0.2) is 30.5 Å². The van der Waals surface area contributed by atoms with Crippen molar-refractivity contribution in [2.45, 2.75) is 19.1 Å². The summed E-state index contributed by atoms with van der Waals surface area (Å²) in [5, 5.41) is 19.6. The zero-order valence-electron chi connectivity index (χ0n) is 10.3. The summed E-state index contributed by atoms with van der Waals surface area (Å²) in [6.07, 6.45) is 1.75. The van der Waals surface area contributed by atoms with Crippen LogP contribution in [0, 0.1) is 0 Å². The number of benzene rings is 1. The van der Waals surface area contributed by atoms with Crippen LogP contribution >= 0.6 is 0 Å². The Morgan fingerprint density at radius 1 is 1.44 bits per heavy atom. The number of rotatable bonds is 4. The zero-order valence-corrected chi connectivity index (χ0v) is 10.3. The van der Waals surface area contributed by atoms with Crippen LogP contribution in [0.1, 0.15) is 6.92 Å². The smallest absolute Gasteiger partial charge is 0.337 e. The predicted octanol–water partition coefficient (Wildman–Crippen LogP) is 1.49. The minimum absolute atomic E-state index is 0.00182. The lowest BCUT2D eigenvalue weighted by Gasteiger charge is -2.19. The van der Waals surface area contributed by atoms with Gasteiger partial charge in [0.15, 0.2) is 5.60 Å². The number of aromatic nitrogens is 1. The van der Waals surface area contributed by atoms with E-state index in [1.165, 1.54) is 6.92 Å². The first-order chi connectivity index (χ1) is 8.44. The molecule has 2 aromatic rings. The van der Waals surface area contributed by atoms with Crippen LogP contribution in [-0.2, 0) is 11.3 Å². The molecule has 5 nitrogen and oxygen atoms in total. The monoisotopic (exact) mass is 249 g/mol. The summed E-state index contributed by atoms with van der Waals surface area (Å²) < 4.78 is 6.83. The van der Waals surface area contributed by atoms with E-state index in [0.29, 0.717) is 0 Å². The van der Waals surface area contributed by atoms with E-state index in [1.54, 1.807) is 23.9 Å². The second-order valence-corrected chi connectivity index (χ2v) is 4.45. The summed E-state index contributed by atoms with van der Waals surface area (Å²) in [6.45, 7) is 1.28. The van der Waals surface area contributed by atoms with Crippen LogP contribution in [0.5, 0.6) is 5.75 Å². The first kappa shape index (κ1) is 12.4. The van der Waals surface area contributed by atoms with Crippen molar-refractivity contribution in [1.82, 2.24) is 4.57 Å². The van der Waals surface area contributed by atoms with Crippen LogP contribution in [0.4, 0.5) is 0 Å². The molecule has 5 heteroatoms. The van der Waals surface area contributed by atoms with E-state index < -0.39 is 11.6 Å². The van der Waals surface area contributed by atoms with Gasteiger partial charge in [0.1, 0.15) is 5.75 Å². The van der Waals surface area contributed by atoms with E-state index in [2.05, 4.69) is 0 Å². The SMILES string of the molecule is COc1ccc2c(ccn2CC(C)(O)C(=O)O)c1. The second-order valence-electron chi connectivity index (χ2n) is 4.45. The molecule has 96 valence electrons. The second kappa shape index (κ2) is 4.34. The molecule has 1 atom stereocenters. The predicted molar refractivity (Wildman–Crippen MR) is 66.7 cm³/mol. The Morgan fingerprint density at radius 3 is 2.78 bits per heavy atom. The molecule has 0 saturated carbocycles. The molecule has 1 unspecified atom stereocenters. The van der Waals surface area contributed by atoms with Crippen LogP contribution in [-0.4, -0.2) is 33.5 Å². The van der Waals surface area contributed by atoms with Gasteiger partial charge in [0, 0.05) is 17.1 Å². The number of aliphatic hydroxyl groups is 1. The van der Waals surface area contributed by atoms with Gasteiger partial charge >= 0.3 is 5.97 Å². The van der Waals surface area contributed by atoms with Crippen molar-refractivity contribution in [2.24, 2.45) is 0 Å². The highest BCUT2D eigenvalue weighted by Gasteiger charge is 2.30. The number of methoxy groups -OCH3 is 1. The van der Waals surface area contributed by atoms with E-state index in [1.807, 2.05) is 18.2 Å². The van der Waals surface area contributed by atoms with Gasteiger partial charge in [-0.25, -0.2) is 4.79 Å². The van der Waals surface area contributed by atoms with Gasteiger partial charge in [0.05, 0.1) is 13.7 Å². The molecule has 1 aromatic carbocycles. The van der Waals surface area contributed by atoms with Crippen molar-refractivity contribution in [3.63, 3.8) is 0 Å². The summed E-state index contributed by atoms with van der Waals surface area (Å²) >= 11 is 0. The lowest BCUT2D eigenvalue weighted by atomic mass is 10.1. The molecule has 0 amide bonds. The number of carboxylic acid groups (broad SMARTS) is 1. The van der Waals surface area contributed by atoms with E-state index in [4.69, 9.17) is 9.84 Å². The summed E-state index contributed by atoms with van der Waals surface area (Å²) in [5.41, 5.74) is -0.927. The fraction of sp³-hybridized carbons (Fsp3) is 0.308. The average molecular weight is 249 g/mol. The fourth-order valence-electron chi connectivity index (χ4n) is 1.84. The third kappa shape index (κ3) is 2.17. The molecule has 0 bridgehead atoms. The molecule has 1 aromatic heterocycles. The highest BCUT2D eigenvalue weighted by atomic mass is 16.5. The van der Waals surface area contributed by atoms with Gasteiger partial charge in [0.25, 0.3) is 0 Å². The Labute approximate surface area is 104 Å². The van der Waals surface area contributed by atoms with Gasteiger partial charge in [-0.15, -0.1) is 0 Å². The summed E-state index contributed by atoms with van der Waals surface area (Å²) in [7, 11) is 1.59. The molecule has 18 heavy (non-hydrogen) atoms. The first-order valence-corrected chi connectivity index (χ1v) is 5.53. The van der Waals surface area contributed by atoms with E-state index in [-0.39, 0.29) is 6.54 Å². The average Bonchev–Trinajstić information content (AvgIpc) is 2.71. The number of aliphatic carboxylic acids is 1. The normalized spacial score (nSPS) is 14.4. The van der Waals surface area contributed by atoms with E-state index >= 15 is 0 Å². The fourth-order valence-corrected chi connectivity index (χ4v) is 1.84. The Hall–Kier alpha value is -2.01. The Bertz CT molecular complexity index is 586. The zero-order chi connectivity index (χ0) is 13.3. The lowest BCUT2D eigenvalue weighted by molar-refractivity contribution is -0.157. The maximum absolute atomic E-state index is 10.9. The molecule has 0 spiro atoms. The van der Waals surface area contributed by atoms with Gasteiger partial charge in [0.2, 0.25) is 0 Å². The Morgan fingerprint density at radius 2 is 2.17 bits per heavy atom. The maximum atomic E-state index is 10.9. The molecule has 0 saturated heterocycles. The topological polar surface area (TPSA) is 71.7 Å². The minimum atomic E-state index is -1.79. The number of hydrogen-bond donors (Lipinski definition) is 2. The van der Waals surface area contributed by atoms with E-state index in [0.717, 1.165) is 16.7 Å². The first-order valence-electron chi connectivity index (χ1n) is 5.53. The molecular formula is C13H15NO4. The molecule has 0 aliphatic rings. The molecule has 0 aliphatic carbocycles. The number of carbonyl (C=O) groups is 1. The molecule has 1 heterocycles. The standard InChI is InChI=1S/C13H15NO4/c1-13(17,12(15)16)8-14-6-5-9-7-10(18-2)3-4-11(9)14/h3-7,17H,8H2,1-2H3,(H,15,16). The maximum Gasteiger partial charge on any atom is 0.337 e. The van der Waals surface area contributed by atoms with Crippen molar-refractivity contribution in [3.05, 3.63) is 30.5 Å². The van der Waals surface area contributed by atoms with Crippen molar-refractivity contribution >= 4 is 16.9 Å². The molecule has 2 N–H and O–H groups in total. The largest absolute Gasteiger partial charge is 0.497 e. The van der Waals surface area contributed by atoms with Gasteiger partial charge in [-0.2, -0.15) is 0 Å². The molecular weight excluding hydrogens is 234 g/mol. The summed E-state index contributed by atoms with van der Waals surface area (Å²) in [6, 6.07) is 7.36. The number of carboxylic acids is 1. The minimum Gasteiger partial charge on any atom is -0.497 e. The lowest BCUT2D eigenvalue weighted by Crippen LogP contribution is -2.39. The quantitative estimate of drug-likeness (QED) is 0.861. The Kier molecular flexibility index (Phi) is 3.00. The van der Waals surface area contributed by atoms with Gasteiger partial charge < -0.3 is 19.5 Å². The molecule has 2 rings (SSSR count). The Balaban J connectivity index is 2.38. The number of fused-ring (bicyclic) bond motifs is 1. The van der Waals surface area contributed by atoms with Crippen molar-refractivity contribution in [2.75, 3.05) is 7.11 Å². The third-order valence-electron chi connectivity index (χ3n) is 2.92. The van der Waals surface area contributed by atoms with Crippen molar-refractivity contribution in [1.29, 1.82) is 0 Å². The van der Waals surface area contributed by atoms with Crippen molar-refractivity contribution in [3.8, 4) is 5.75 Å². The third-order valence-corrected chi connectivity index (χ3v) is 2.92.